The van der Waals surface area contributed by atoms with Gasteiger partial charge in [0.15, 0.2) is 6.20 Å². The highest BCUT2D eigenvalue weighted by Crippen LogP contribution is 2.45. The number of fused-ring (bicyclic) bond motifs is 11. The highest BCUT2D eigenvalue weighted by molar-refractivity contribution is 6.89. The summed E-state index contributed by atoms with van der Waals surface area (Å²) in [5.41, 5.74) is 12.6. The summed E-state index contributed by atoms with van der Waals surface area (Å²) in [7, 11) is -1.68. The molecular weight excluding hydrogens is 651 g/mol. The lowest BCUT2D eigenvalue weighted by molar-refractivity contribution is -0.708. The molecule has 1 aliphatic carbocycles. The van der Waals surface area contributed by atoms with Gasteiger partial charge in [-0.05, 0) is 84.9 Å². The van der Waals surface area contributed by atoms with Crippen molar-refractivity contribution in [1.29, 1.82) is 0 Å². The van der Waals surface area contributed by atoms with Crippen molar-refractivity contribution in [2.45, 2.75) is 117 Å². The van der Waals surface area contributed by atoms with Crippen LogP contribution in [-0.2, 0) is 19.3 Å². The Balaban J connectivity index is 1.33. The summed E-state index contributed by atoms with van der Waals surface area (Å²) >= 11 is 0. The molecule has 3 aromatic heterocycles. The Morgan fingerprint density at radius 1 is 1.00 bits per heavy atom. The van der Waals surface area contributed by atoms with Gasteiger partial charge in [-0.1, -0.05) is 116 Å². The van der Waals surface area contributed by atoms with Crippen LogP contribution in [0, 0.1) is 11.8 Å². The summed E-state index contributed by atoms with van der Waals surface area (Å²) in [6.45, 7) is 19.1. The van der Waals surface area contributed by atoms with E-state index in [1.165, 1.54) is 54.5 Å². The van der Waals surface area contributed by atoms with Gasteiger partial charge in [-0.25, -0.2) is 9.98 Å². The molecule has 3 aliphatic rings. The molecule has 0 radical (unpaired) electrons. The van der Waals surface area contributed by atoms with Gasteiger partial charge in [-0.2, -0.15) is 4.57 Å². The van der Waals surface area contributed by atoms with E-state index in [0.717, 1.165) is 82.8 Å². The summed E-state index contributed by atoms with van der Waals surface area (Å²) < 4.78 is 9.38. The lowest BCUT2D eigenvalue weighted by atomic mass is 9.78. The zero-order valence-corrected chi connectivity index (χ0v) is 33.3. The Morgan fingerprint density at radius 2 is 1.79 bits per heavy atom. The minimum Gasteiger partial charge on any atom is -0.437 e. The smallest absolute Gasteiger partial charge is 0.227 e. The van der Waals surface area contributed by atoms with Crippen LogP contribution in [0.1, 0.15) is 106 Å². The van der Waals surface area contributed by atoms with Gasteiger partial charge in [0.2, 0.25) is 17.4 Å². The van der Waals surface area contributed by atoms with Gasteiger partial charge in [0, 0.05) is 38.8 Å². The van der Waals surface area contributed by atoms with E-state index < -0.39 is 8.07 Å². The third-order valence-corrected chi connectivity index (χ3v) is 14.0. The van der Waals surface area contributed by atoms with Crippen LogP contribution in [0.5, 0.6) is 0 Å². The van der Waals surface area contributed by atoms with Gasteiger partial charge < -0.3 is 4.42 Å². The number of benzene rings is 2. The molecule has 5 heteroatoms. The topological polar surface area (TPSA) is 42.3 Å². The zero-order valence-electron chi connectivity index (χ0n) is 32.3. The van der Waals surface area contributed by atoms with Gasteiger partial charge in [0.25, 0.3) is 0 Å². The van der Waals surface area contributed by atoms with E-state index in [2.05, 4.69) is 118 Å². The maximum absolute atomic E-state index is 6.78. The van der Waals surface area contributed by atoms with Crippen molar-refractivity contribution in [2.75, 3.05) is 0 Å². The van der Waals surface area contributed by atoms with Crippen LogP contribution in [0.15, 0.2) is 94.6 Å². The van der Waals surface area contributed by atoms with Gasteiger partial charge in [0.05, 0.1) is 19.7 Å². The van der Waals surface area contributed by atoms with Crippen LogP contribution >= 0.6 is 0 Å². The number of furan rings is 1. The summed E-state index contributed by atoms with van der Waals surface area (Å²) in [6.07, 6.45) is 18.7. The first kappa shape index (κ1) is 35.0. The second-order valence-electron chi connectivity index (χ2n) is 17.3. The molecule has 0 amide bonds. The fourth-order valence-corrected chi connectivity index (χ4v) is 11.1. The molecule has 5 heterocycles. The van der Waals surface area contributed by atoms with E-state index in [1.807, 2.05) is 0 Å². The molecule has 1 saturated carbocycles. The molecule has 5 aromatic rings. The van der Waals surface area contributed by atoms with Crippen LogP contribution in [0.3, 0.4) is 0 Å². The first-order valence-corrected chi connectivity index (χ1v) is 23.6. The van der Waals surface area contributed by atoms with E-state index in [0.29, 0.717) is 5.92 Å². The van der Waals surface area contributed by atoms with E-state index in [9.17, 15) is 0 Å². The van der Waals surface area contributed by atoms with Gasteiger partial charge >= 0.3 is 0 Å². The van der Waals surface area contributed by atoms with E-state index >= 15 is 0 Å². The Kier molecular flexibility index (Phi) is 9.44. The minimum atomic E-state index is -1.68. The number of aromatic nitrogens is 2. The highest BCUT2D eigenvalue weighted by Gasteiger charge is 2.44. The molecule has 2 atom stereocenters. The van der Waals surface area contributed by atoms with Gasteiger partial charge in [0.1, 0.15) is 11.3 Å². The molecule has 0 bridgehead atoms. The maximum Gasteiger partial charge on any atom is 0.227 e. The van der Waals surface area contributed by atoms with Crippen molar-refractivity contribution in [3.63, 3.8) is 0 Å². The van der Waals surface area contributed by atoms with Crippen molar-refractivity contribution in [3.8, 4) is 11.3 Å². The van der Waals surface area contributed by atoms with Crippen LogP contribution < -0.4 is 9.75 Å². The predicted molar refractivity (Wildman–Crippen MR) is 221 cm³/mol. The molecule has 2 unspecified atom stereocenters. The third-order valence-electron chi connectivity index (χ3n) is 11.9. The monoisotopic (exact) mass is 706 g/mol. The van der Waals surface area contributed by atoms with E-state index in [4.69, 9.17) is 21.0 Å². The van der Waals surface area contributed by atoms with Crippen molar-refractivity contribution in [3.05, 3.63) is 113 Å². The molecule has 0 saturated heterocycles. The minimum absolute atomic E-state index is 0.0239. The van der Waals surface area contributed by atoms with E-state index in [1.54, 1.807) is 10.8 Å². The van der Waals surface area contributed by atoms with Crippen LogP contribution in [0.25, 0.3) is 33.3 Å². The summed E-state index contributed by atoms with van der Waals surface area (Å²) in [5, 5.41) is 3.77. The largest absolute Gasteiger partial charge is 0.437 e. The number of aliphatic imine (C=N–C) groups is 1. The van der Waals surface area contributed by atoms with E-state index in [-0.39, 0.29) is 12.0 Å². The number of allylic oxidation sites excluding steroid dienone is 3. The van der Waals surface area contributed by atoms with Crippen molar-refractivity contribution in [1.82, 2.24) is 4.98 Å². The maximum atomic E-state index is 6.78. The molecule has 1 fully saturated rings. The third kappa shape index (κ3) is 6.44. The number of hydrogen-bond donors (Lipinski definition) is 0. The predicted octanol–water partition coefficient (Wildman–Crippen LogP) is 11.4. The first-order chi connectivity index (χ1) is 25.1. The molecule has 8 rings (SSSR count). The quantitative estimate of drug-likeness (QED) is 0.119. The second-order valence-corrected chi connectivity index (χ2v) is 22.3. The number of nitrogens with zero attached hydrogens (tertiary/aromatic N) is 3. The molecule has 268 valence electrons. The average molecular weight is 707 g/mol. The van der Waals surface area contributed by atoms with Gasteiger partial charge in [-0.15, -0.1) is 0 Å². The molecule has 2 aliphatic heterocycles. The number of rotatable bonds is 8. The molecule has 52 heavy (non-hydrogen) atoms. The Morgan fingerprint density at radius 3 is 2.56 bits per heavy atom. The zero-order chi connectivity index (χ0) is 36.1. The fraction of sp³-hybridized carbons (Fsp3) is 0.426. The second kappa shape index (κ2) is 14.0. The lowest BCUT2D eigenvalue weighted by Crippen LogP contribution is -2.54. The summed E-state index contributed by atoms with van der Waals surface area (Å²) in [6, 6.07) is 20.7. The lowest BCUT2D eigenvalue weighted by Gasteiger charge is -2.32. The number of pyridine rings is 2. The molecule has 4 nitrogen and oxygen atoms in total. The average Bonchev–Trinajstić information content (AvgIpc) is 3.77. The summed E-state index contributed by atoms with van der Waals surface area (Å²) in [4.78, 5) is 10.6. The Bertz CT molecular complexity index is 2230. The standard InChI is InChI=1S/C47H56N3OSi/c1-8-9-10-19-41-44-33(21-24-39-40-25-22-35(26-30(2)3)49-47(40)51-46(39)44)20-23-38-36-17-13-14-18-37(36)42-28-34(27-32-15-11-12-16-32)43(52(5,6)7)29-50(42)45(38)31(4)48-41/h10,13-14,17-19,21-22,24-25,28-30,32,38,45H,4,8-9,11-12,15-16,20,23,26-27H2,1-3,5-7H3/q+1/b19-10-,48-41-. The van der Waals surface area contributed by atoms with Crippen LogP contribution in [-0.4, -0.2) is 18.8 Å². The fourth-order valence-electron chi connectivity index (χ4n) is 9.44. The van der Waals surface area contributed by atoms with Crippen molar-refractivity contribution in [2.24, 2.45) is 16.8 Å². The Hall–Kier alpha value is -4.09. The van der Waals surface area contributed by atoms with Crippen LogP contribution in [0.4, 0.5) is 0 Å². The molecule has 0 N–H and O–H groups in total. The SMILES string of the molecule is C=C1/N=C(/C=C\CCC)c2c(ccc3c2oc2nc(CC(C)C)ccc23)CCC2c3ccccc3-c3cc(CC4CCCC4)c([Si](C)(C)C)c[n+]3C12. The Labute approximate surface area is 311 Å². The first-order valence-electron chi connectivity index (χ1n) is 20.1. The normalized spacial score (nSPS) is 20.4. The van der Waals surface area contributed by atoms with Gasteiger partial charge in [-0.3, -0.25) is 0 Å². The number of aryl methyl sites for hydroxylation is 1. The number of unbranched alkanes of at least 4 members (excludes halogenated alkanes) is 1. The number of hydrogen-bond acceptors (Lipinski definition) is 3. The molecule has 0 spiro atoms. The molecular formula is C47H56N3OSi+. The van der Waals surface area contributed by atoms with Crippen molar-refractivity contribution >= 4 is 41.0 Å². The highest BCUT2D eigenvalue weighted by atomic mass is 28.3. The van der Waals surface area contributed by atoms with Crippen molar-refractivity contribution < 1.29 is 8.98 Å². The molecule has 2 aromatic carbocycles. The summed E-state index contributed by atoms with van der Waals surface area (Å²) in [5.74, 6) is 1.58. The van der Waals surface area contributed by atoms with Crippen LogP contribution in [0.2, 0.25) is 19.6 Å².